The van der Waals surface area contributed by atoms with Crippen molar-refractivity contribution in [2.45, 2.75) is 58.0 Å². The highest BCUT2D eigenvalue weighted by atomic mass is 16.7. The number of rotatable bonds is 7. The van der Waals surface area contributed by atoms with Crippen LogP contribution in [0.5, 0.6) is 11.5 Å². The van der Waals surface area contributed by atoms with E-state index >= 15 is 0 Å². The van der Waals surface area contributed by atoms with Gasteiger partial charge in [-0.1, -0.05) is 26.3 Å². The third-order valence-corrected chi connectivity index (χ3v) is 7.67. The van der Waals surface area contributed by atoms with Gasteiger partial charge >= 0.3 is 6.03 Å². The molecule has 36 heavy (non-hydrogen) atoms. The molecule has 10 nitrogen and oxygen atoms in total. The predicted octanol–water partition coefficient (Wildman–Crippen LogP) is 2.85. The fourth-order valence-corrected chi connectivity index (χ4v) is 5.66. The number of likely N-dealkylation sites (tertiary alicyclic amines) is 1. The Hall–Kier alpha value is -3.56. The molecular formula is C26H33N5O5. The number of nitrogens with one attached hydrogen (secondary N) is 1. The van der Waals surface area contributed by atoms with Crippen molar-refractivity contribution in [2.24, 2.45) is 13.0 Å². The van der Waals surface area contributed by atoms with E-state index < -0.39 is 5.54 Å². The maximum atomic E-state index is 13.6. The second-order valence-corrected chi connectivity index (χ2v) is 9.79. The van der Waals surface area contributed by atoms with Crippen LogP contribution < -0.4 is 14.8 Å². The summed E-state index contributed by atoms with van der Waals surface area (Å²) in [5.41, 5.74) is 1.35. The number of imide groups is 1. The third-order valence-electron chi connectivity index (χ3n) is 7.67. The molecule has 1 atom stereocenters. The first kappa shape index (κ1) is 24.1. The Morgan fingerprint density at radius 2 is 1.89 bits per heavy atom. The van der Waals surface area contributed by atoms with Crippen LogP contribution in [-0.4, -0.2) is 62.8 Å². The molecule has 192 valence electrons. The molecule has 0 saturated carbocycles. The molecule has 0 unspecified atom stereocenters. The van der Waals surface area contributed by atoms with E-state index in [2.05, 4.69) is 17.3 Å². The molecule has 5 rings (SSSR count). The third kappa shape index (κ3) is 4.08. The summed E-state index contributed by atoms with van der Waals surface area (Å²) >= 11 is 0. The Bertz CT molecular complexity index is 1190. The van der Waals surface area contributed by atoms with Crippen molar-refractivity contribution < 1.29 is 23.9 Å². The van der Waals surface area contributed by atoms with Crippen LogP contribution in [0.3, 0.4) is 0 Å². The van der Waals surface area contributed by atoms with Crippen LogP contribution in [0, 0.1) is 5.92 Å². The van der Waals surface area contributed by atoms with E-state index in [1.54, 1.807) is 17.8 Å². The minimum Gasteiger partial charge on any atom is -0.454 e. The highest BCUT2D eigenvalue weighted by molar-refractivity contribution is 6.07. The summed E-state index contributed by atoms with van der Waals surface area (Å²) in [6.45, 7) is 5.42. The smallest absolute Gasteiger partial charge is 0.325 e. The van der Waals surface area contributed by atoms with Gasteiger partial charge in [0.15, 0.2) is 11.5 Å². The molecule has 1 aromatic carbocycles. The molecule has 4 amide bonds. The number of carbonyl (C=O) groups is 3. The van der Waals surface area contributed by atoms with Gasteiger partial charge in [-0.15, -0.1) is 0 Å². The normalized spacial score (nSPS) is 21.9. The SMILES string of the molecule is CCCc1cc(C(=O)N2CCC([C@@]3(CC)NC(=O)N(Cc4ccc5c(c4)OCO5)C3=O)CC2)n(C)n1. The molecule has 0 spiro atoms. The lowest BCUT2D eigenvalue weighted by Gasteiger charge is -2.40. The minimum atomic E-state index is -0.955. The van der Waals surface area contributed by atoms with Crippen LogP contribution >= 0.6 is 0 Å². The van der Waals surface area contributed by atoms with Gasteiger partial charge in [0, 0.05) is 20.1 Å². The summed E-state index contributed by atoms with van der Waals surface area (Å²) in [5.74, 6) is 0.990. The van der Waals surface area contributed by atoms with Gasteiger partial charge in [-0.2, -0.15) is 5.10 Å². The fraction of sp³-hybridized carbons (Fsp3) is 0.538. The zero-order chi connectivity index (χ0) is 25.4. The maximum Gasteiger partial charge on any atom is 0.325 e. The van der Waals surface area contributed by atoms with Crippen molar-refractivity contribution in [3.8, 4) is 11.5 Å². The van der Waals surface area contributed by atoms with Crippen molar-refractivity contribution in [1.29, 1.82) is 0 Å². The quantitative estimate of drug-likeness (QED) is 0.592. The van der Waals surface area contributed by atoms with Crippen LogP contribution in [0.1, 0.15) is 61.3 Å². The number of ether oxygens (including phenoxy) is 2. The number of piperidine rings is 1. The standard InChI is InChI=1S/C26H33N5O5/c1-4-6-19-14-20(29(3)28-19)23(32)30-11-9-18(10-12-30)26(5-2)24(33)31(25(34)27-26)15-17-7-8-21-22(13-17)36-16-35-21/h7-8,13-14,18H,4-6,9-12,15-16H2,1-3H3,(H,27,34)/t26-/m1/s1. The lowest BCUT2D eigenvalue weighted by molar-refractivity contribution is -0.134. The number of hydrogen-bond donors (Lipinski definition) is 1. The second kappa shape index (κ2) is 9.48. The van der Waals surface area contributed by atoms with Crippen molar-refractivity contribution in [2.75, 3.05) is 19.9 Å². The number of carbonyl (C=O) groups excluding carboxylic acids is 3. The first-order valence-corrected chi connectivity index (χ1v) is 12.7. The molecule has 1 N–H and O–H groups in total. The highest BCUT2D eigenvalue weighted by Crippen LogP contribution is 2.38. The molecule has 2 saturated heterocycles. The van der Waals surface area contributed by atoms with Crippen LogP contribution in [-0.2, 0) is 24.8 Å². The van der Waals surface area contributed by atoms with E-state index in [0.717, 1.165) is 24.1 Å². The Labute approximate surface area is 210 Å². The van der Waals surface area contributed by atoms with Gasteiger partial charge in [0.05, 0.1) is 12.2 Å². The molecule has 0 radical (unpaired) electrons. The average molecular weight is 496 g/mol. The molecule has 2 fully saturated rings. The molecular weight excluding hydrogens is 462 g/mol. The molecule has 0 aliphatic carbocycles. The summed E-state index contributed by atoms with van der Waals surface area (Å²) in [6.07, 6.45) is 3.59. The van der Waals surface area contributed by atoms with E-state index in [0.29, 0.717) is 49.5 Å². The lowest BCUT2D eigenvalue weighted by Crippen LogP contribution is -2.56. The van der Waals surface area contributed by atoms with Gasteiger partial charge in [0.25, 0.3) is 11.8 Å². The number of amides is 4. The van der Waals surface area contributed by atoms with E-state index in [9.17, 15) is 14.4 Å². The number of hydrogen-bond acceptors (Lipinski definition) is 6. The number of urea groups is 1. The number of aromatic nitrogens is 2. The Morgan fingerprint density at radius 1 is 1.14 bits per heavy atom. The maximum absolute atomic E-state index is 13.6. The van der Waals surface area contributed by atoms with Gasteiger partial charge in [0.2, 0.25) is 6.79 Å². The van der Waals surface area contributed by atoms with Crippen LogP contribution in [0.4, 0.5) is 4.79 Å². The second-order valence-electron chi connectivity index (χ2n) is 9.79. The zero-order valence-corrected chi connectivity index (χ0v) is 21.1. The molecule has 4 heterocycles. The number of fused-ring (bicyclic) bond motifs is 1. The fourth-order valence-electron chi connectivity index (χ4n) is 5.66. The zero-order valence-electron chi connectivity index (χ0n) is 21.1. The summed E-state index contributed by atoms with van der Waals surface area (Å²) < 4.78 is 12.4. The predicted molar refractivity (Wildman–Crippen MR) is 130 cm³/mol. The van der Waals surface area contributed by atoms with Gasteiger partial charge in [-0.3, -0.25) is 19.2 Å². The average Bonchev–Trinajstić information content (AvgIpc) is 3.56. The molecule has 10 heteroatoms. The van der Waals surface area contributed by atoms with Crippen molar-refractivity contribution in [3.63, 3.8) is 0 Å². The Balaban J connectivity index is 1.26. The van der Waals surface area contributed by atoms with Crippen molar-refractivity contribution in [3.05, 3.63) is 41.2 Å². The van der Waals surface area contributed by atoms with E-state index in [-0.39, 0.29) is 37.1 Å². The summed E-state index contributed by atoms with van der Waals surface area (Å²) in [6, 6.07) is 6.94. The minimum absolute atomic E-state index is 0.0393. The number of aryl methyl sites for hydroxylation is 2. The van der Waals surface area contributed by atoms with Crippen LogP contribution in [0.15, 0.2) is 24.3 Å². The Kier molecular flexibility index (Phi) is 6.36. The largest absolute Gasteiger partial charge is 0.454 e. The van der Waals surface area contributed by atoms with Gasteiger partial charge in [-0.25, -0.2) is 4.79 Å². The Morgan fingerprint density at radius 3 is 2.61 bits per heavy atom. The monoisotopic (exact) mass is 495 g/mol. The molecule has 1 aromatic heterocycles. The van der Waals surface area contributed by atoms with Crippen molar-refractivity contribution >= 4 is 17.8 Å². The van der Waals surface area contributed by atoms with Gasteiger partial charge in [0.1, 0.15) is 11.2 Å². The van der Waals surface area contributed by atoms with Crippen LogP contribution in [0.2, 0.25) is 0 Å². The molecule has 2 aromatic rings. The number of benzene rings is 1. The first-order chi connectivity index (χ1) is 17.4. The first-order valence-electron chi connectivity index (χ1n) is 12.7. The van der Waals surface area contributed by atoms with E-state index in [1.807, 2.05) is 30.0 Å². The molecule has 3 aliphatic heterocycles. The molecule has 3 aliphatic rings. The molecule has 0 bridgehead atoms. The number of nitrogens with zero attached hydrogens (tertiary/aromatic N) is 4. The summed E-state index contributed by atoms with van der Waals surface area (Å²) in [5, 5.41) is 7.48. The van der Waals surface area contributed by atoms with E-state index in [4.69, 9.17) is 9.47 Å². The van der Waals surface area contributed by atoms with Gasteiger partial charge in [-0.05, 0) is 55.4 Å². The van der Waals surface area contributed by atoms with Crippen LogP contribution in [0.25, 0.3) is 0 Å². The lowest BCUT2D eigenvalue weighted by atomic mass is 9.75. The summed E-state index contributed by atoms with van der Waals surface area (Å²) in [4.78, 5) is 42.9. The van der Waals surface area contributed by atoms with Gasteiger partial charge < -0.3 is 19.7 Å². The van der Waals surface area contributed by atoms with E-state index in [1.165, 1.54) is 4.90 Å². The van der Waals surface area contributed by atoms with Crippen molar-refractivity contribution in [1.82, 2.24) is 24.9 Å². The highest BCUT2D eigenvalue weighted by Gasteiger charge is 2.55. The summed E-state index contributed by atoms with van der Waals surface area (Å²) in [7, 11) is 1.80. The topological polar surface area (TPSA) is 106 Å².